The minimum absolute atomic E-state index is 0.0944. The average molecular weight is 1150 g/mol. The standard InChI is InChI=1S/C77H128O6/c1-4-7-10-13-16-19-22-25-27-29-31-33-35-37-38-40-41-43-45-47-49-52-55-58-61-64-67-70-76(79)82-73-74(72-81-75(78)69-66-63-60-57-54-51-24-21-18-15-12-9-6-3)83-77(80)71-68-65-62-59-56-53-50-48-46-44-42-39-36-34-32-30-28-26-23-20-17-14-11-8-5-2/h7,10,16,19,23,25-27,30-33,36-39,41,43,47,49,55,58,74H,4-6,8-9,11-15,17-18,20-22,24,28-29,34-35,40,42,44-46,48,50-54,56-57,59-73H2,1-3H3/b10-7-,19-16-,26-23-,27-25-,32-30-,33-31-,38-37-,39-36-,43-41-,49-47-,58-55-. The van der Waals surface area contributed by atoms with Gasteiger partial charge >= 0.3 is 17.9 Å². The molecule has 0 aliphatic rings. The molecule has 0 saturated heterocycles. The lowest BCUT2D eigenvalue weighted by Gasteiger charge is -2.18. The molecule has 0 rings (SSSR count). The maximum Gasteiger partial charge on any atom is 0.306 e. The molecule has 0 aromatic rings. The molecule has 0 bridgehead atoms. The Kier molecular flexibility index (Phi) is 66.3. The Bertz CT molecular complexity index is 1750. The predicted molar refractivity (Wildman–Crippen MR) is 362 cm³/mol. The van der Waals surface area contributed by atoms with Crippen LogP contribution in [0.25, 0.3) is 0 Å². The molecule has 0 saturated carbocycles. The first-order valence-electron chi connectivity index (χ1n) is 34.7. The van der Waals surface area contributed by atoms with Gasteiger partial charge < -0.3 is 14.2 Å². The smallest absolute Gasteiger partial charge is 0.306 e. The Labute approximate surface area is 513 Å². The van der Waals surface area contributed by atoms with Crippen molar-refractivity contribution < 1.29 is 28.6 Å². The van der Waals surface area contributed by atoms with Gasteiger partial charge in [-0.05, 0) is 122 Å². The summed E-state index contributed by atoms with van der Waals surface area (Å²) in [5.74, 6) is -0.937. The molecule has 472 valence electrons. The van der Waals surface area contributed by atoms with Gasteiger partial charge in [0, 0.05) is 19.3 Å². The van der Waals surface area contributed by atoms with Crippen LogP contribution in [-0.4, -0.2) is 37.2 Å². The number of hydrogen-bond donors (Lipinski definition) is 0. The highest BCUT2D eigenvalue weighted by Gasteiger charge is 2.19. The zero-order valence-electron chi connectivity index (χ0n) is 54.2. The number of esters is 3. The molecule has 83 heavy (non-hydrogen) atoms. The molecule has 1 atom stereocenters. The zero-order chi connectivity index (χ0) is 59.9. The molecular formula is C77H128O6. The van der Waals surface area contributed by atoms with Crippen LogP contribution in [0.1, 0.15) is 316 Å². The number of rotatable bonds is 62. The van der Waals surface area contributed by atoms with Gasteiger partial charge in [-0.15, -0.1) is 0 Å². The molecule has 0 fully saturated rings. The lowest BCUT2D eigenvalue weighted by molar-refractivity contribution is -0.167. The van der Waals surface area contributed by atoms with Crippen molar-refractivity contribution in [3.8, 4) is 0 Å². The Hall–Kier alpha value is -4.45. The van der Waals surface area contributed by atoms with Crippen LogP contribution in [0.15, 0.2) is 134 Å². The van der Waals surface area contributed by atoms with Gasteiger partial charge in [-0.2, -0.15) is 0 Å². The Balaban J connectivity index is 4.42. The summed E-state index contributed by atoms with van der Waals surface area (Å²) >= 11 is 0. The summed E-state index contributed by atoms with van der Waals surface area (Å²) in [6.07, 6.45) is 98.9. The summed E-state index contributed by atoms with van der Waals surface area (Å²) in [4.78, 5) is 38.4. The number of carbonyl (C=O) groups is 3. The lowest BCUT2D eigenvalue weighted by Crippen LogP contribution is -2.30. The Morgan fingerprint density at radius 3 is 0.759 bits per heavy atom. The van der Waals surface area contributed by atoms with E-state index in [0.29, 0.717) is 25.7 Å². The second-order valence-corrected chi connectivity index (χ2v) is 22.7. The van der Waals surface area contributed by atoms with E-state index in [9.17, 15) is 14.4 Å². The largest absolute Gasteiger partial charge is 0.462 e. The normalized spacial score (nSPS) is 13.0. The second kappa shape index (κ2) is 70.0. The molecule has 0 amide bonds. The third kappa shape index (κ3) is 68.2. The lowest BCUT2D eigenvalue weighted by atomic mass is 10.0. The number of unbranched alkanes of at least 4 members (excludes halogenated alkanes) is 29. The predicted octanol–water partition coefficient (Wildman–Crippen LogP) is 24.1. The van der Waals surface area contributed by atoms with Crippen LogP contribution in [0.2, 0.25) is 0 Å². The third-order valence-corrected chi connectivity index (χ3v) is 14.6. The molecule has 6 nitrogen and oxygen atoms in total. The van der Waals surface area contributed by atoms with E-state index in [1.54, 1.807) is 0 Å². The molecule has 0 heterocycles. The zero-order valence-corrected chi connectivity index (χ0v) is 54.2. The summed E-state index contributed by atoms with van der Waals surface area (Å²) in [6, 6.07) is 0. The van der Waals surface area contributed by atoms with Crippen molar-refractivity contribution in [3.63, 3.8) is 0 Å². The fourth-order valence-electron chi connectivity index (χ4n) is 9.47. The summed E-state index contributed by atoms with van der Waals surface area (Å²) in [7, 11) is 0. The maximum atomic E-state index is 13.0. The van der Waals surface area contributed by atoms with Crippen molar-refractivity contribution in [2.45, 2.75) is 322 Å². The molecule has 0 N–H and O–H groups in total. The molecule has 0 aliphatic carbocycles. The fraction of sp³-hybridized carbons (Fsp3) is 0.675. The first-order valence-corrected chi connectivity index (χ1v) is 34.7. The first kappa shape index (κ1) is 78.5. The number of allylic oxidation sites excluding steroid dienone is 22. The van der Waals surface area contributed by atoms with E-state index in [1.165, 1.54) is 154 Å². The van der Waals surface area contributed by atoms with E-state index in [2.05, 4.69) is 154 Å². The van der Waals surface area contributed by atoms with Crippen LogP contribution in [0.3, 0.4) is 0 Å². The van der Waals surface area contributed by atoms with Crippen molar-refractivity contribution in [3.05, 3.63) is 134 Å². The van der Waals surface area contributed by atoms with Gasteiger partial charge in [-0.3, -0.25) is 14.4 Å². The van der Waals surface area contributed by atoms with E-state index >= 15 is 0 Å². The highest BCUT2D eigenvalue weighted by atomic mass is 16.6. The van der Waals surface area contributed by atoms with Gasteiger partial charge in [-0.1, -0.05) is 309 Å². The fourth-order valence-corrected chi connectivity index (χ4v) is 9.47. The van der Waals surface area contributed by atoms with Gasteiger partial charge in [-0.25, -0.2) is 0 Å². The summed E-state index contributed by atoms with van der Waals surface area (Å²) in [6.45, 7) is 6.50. The van der Waals surface area contributed by atoms with E-state index in [4.69, 9.17) is 14.2 Å². The molecule has 1 unspecified atom stereocenters. The molecule has 0 aromatic carbocycles. The molecular weight excluding hydrogens is 1020 g/mol. The molecule has 0 aromatic heterocycles. The van der Waals surface area contributed by atoms with Gasteiger partial charge in [0.05, 0.1) is 0 Å². The number of ether oxygens (including phenoxy) is 3. The van der Waals surface area contributed by atoms with Crippen LogP contribution in [0, 0.1) is 0 Å². The highest BCUT2D eigenvalue weighted by Crippen LogP contribution is 2.16. The molecule has 6 heteroatoms. The van der Waals surface area contributed by atoms with Gasteiger partial charge in [0.15, 0.2) is 6.10 Å². The van der Waals surface area contributed by atoms with Crippen molar-refractivity contribution in [1.29, 1.82) is 0 Å². The van der Waals surface area contributed by atoms with E-state index in [0.717, 1.165) is 116 Å². The van der Waals surface area contributed by atoms with Crippen molar-refractivity contribution in [1.82, 2.24) is 0 Å². The quantitative estimate of drug-likeness (QED) is 0.0261. The van der Waals surface area contributed by atoms with Gasteiger partial charge in [0.2, 0.25) is 0 Å². The number of hydrogen-bond acceptors (Lipinski definition) is 6. The minimum Gasteiger partial charge on any atom is -0.462 e. The summed E-state index contributed by atoms with van der Waals surface area (Å²) < 4.78 is 16.9. The van der Waals surface area contributed by atoms with Crippen molar-refractivity contribution in [2.75, 3.05) is 13.2 Å². The molecule has 0 spiro atoms. The SMILES string of the molecule is CC/C=C\C/C=C\C/C=C\C/C=C\C/C=C\C/C=C\C/C=C\C/C=C\CCCCC(=O)OCC(COC(=O)CCCCCCCCCCCCCCC)OC(=O)CCCCCCCCCCCC/C=C\C/C=C\C/C=C\CCCCCCC. The second-order valence-electron chi connectivity index (χ2n) is 22.7. The number of carbonyl (C=O) groups excluding carboxylic acids is 3. The van der Waals surface area contributed by atoms with E-state index < -0.39 is 6.10 Å². The third-order valence-electron chi connectivity index (χ3n) is 14.6. The van der Waals surface area contributed by atoms with Gasteiger partial charge in [0.1, 0.15) is 13.2 Å². The van der Waals surface area contributed by atoms with Crippen LogP contribution < -0.4 is 0 Å². The van der Waals surface area contributed by atoms with Crippen LogP contribution in [0.5, 0.6) is 0 Å². The minimum atomic E-state index is -0.803. The monoisotopic (exact) mass is 1150 g/mol. The van der Waals surface area contributed by atoms with Crippen LogP contribution in [-0.2, 0) is 28.6 Å². The Morgan fingerprint density at radius 2 is 0.470 bits per heavy atom. The van der Waals surface area contributed by atoms with Crippen molar-refractivity contribution in [2.24, 2.45) is 0 Å². The Morgan fingerprint density at radius 1 is 0.253 bits per heavy atom. The highest BCUT2D eigenvalue weighted by molar-refractivity contribution is 5.71. The van der Waals surface area contributed by atoms with Crippen molar-refractivity contribution >= 4 is 17.9 Å². The average Bonchev–Trinajstić information content (AvgIpc) is 3.49. The van der Waals surface area contributed by atoms with Crippen LogP contribution in [0.4, 0.5) is 0 Å². The van der Waals surface area contributed by atoms with E-state index in [-0.39, 0.29) is 31.1 Å². The van der Waals surface area contributed by atoms with Crippen LogP contribution >= 0.6 is 0 Å². The first-order chi connectivity index (χ1) is 41.0. The summed E-state index contributed by atoms with van der Waals surface area (Å²) in [5, 5.41) is 0. The molecule has 0 aliphatic heterocycles. The van der Waals surface area contributed by atoms with E-state index in [1.807, 2.05) is 0 Å². The molecule has 0 radical (unpaired) electrons. The topological polar surface area (TPSA) is 78.9 Å². The summed E-state index contributed by atoms with van der Waals surface area (Å²) in [5.41, 5.74) is 0. The maximum absolute atomic E-state index is 13.0. The van der Waals surface area contributed by atoms with Gasteiger partial charge in [0.25, 0.3) is 0 Å².